The van der Waals surface area contributed by atoms with Crippen molar-refractivity contribution in [2.75, 3.05) is 24.6 Å². The lowest BCUT2D eigenvalue weighted by atomic mass is 10.3. The maximum atomic E-state index is 11.9. The third-order valence-electron chi connectivity index (χ3n) is 2.38. The Bertz CT molecular complexity index is 385. The molecule has 0 bridgehead atoms. The van der Waals surface area contributed by atoms with Gasteiger partial charge in [0.15, 0.2) is 0 Å². The second kappa shape index (κ2) is 9.41. The van der Waals surface area contributed by atoms with Crippen molar-refractivity contribution in [1.29, 1.82) is 0 Å². The molecule has 7 heteroatoms. The highest BCUT2D eigenvalue weighted by Gasteiger charge is 2.19. The fourth-order valence-corrected chi connectivity index (χ4v) is 2.41. The van der Waals surface area contributed by atoms with E-state index in [-0.39, 0.29) is 17.4 Å². The first-order chi connectivity index (χ1) is 9.27. The molecule has 0 spiro atoms. The number of hydrogen-bond acceptors (Lipinski definition) is 4. The van der Waals surface area contributed by atoms with Crippen molar-refractivity contribution in [2.24, 2.45) is 0 Å². The first-order valence-electron chi connectivity index (χ1n) is 6.27. The largest absolute Gasteiger partial charge is 0.480 e. The zero-order valence-corrected chi connectivity index (χ0v) is 13.0. The van der Waals surface area contributed by atoms with Crippen molar-refractivity contribution in [1.82, 2.24) is 10.2 Å². The van der Waals surface area contributed by atoms with E-state index in [1.165, 1.54) is 18.7 Å². The number of nitrogens with one attached hydrogen (secondary N) is 1. The molecule has 0 rings (SSSR count). The highest BCUT2D eigenvalue weighted by Crippen LogP contribution is 2.07. The SMILES string of the molecule is C=C(C)CN(CC)C(=O)CSC[C@H](NC(C)=O)C(=O)O. The van der Waals surface area contributed by atoms with Gasteiger partial charge < -0.3 is 15.3 Å². The molecule has 0 unspecified atom stereocenters. The summed E-state index contributed by atoms with van der Waals surface area (Å²) in [5.41, 5.74) is 0.895. The zero-order valence-electron chi connectivity index (χ0n) is 12.1. The van der Waals surface area contributed by atoms with E-state index >= 15 is 0 Å². The van der Waals surface area contributed by atoms with Gasteiger partial charge in [-0.25, -0.2) is 4.79 Å². The maximum absolute atomic E-state index is 11.9. The molecule has 114 valence electrons. The van der Waals surface area contributed by atoms with Gasteiger partial charge in [0.05, 0.1) is 5.75 Å². The number of carbonyl (C=O) groups is 3. The Labute approximate surface area is 123 Å². The Morgan fingerprint density at radius 3 is 2.35 bits per heavy atom. The van der Waals surface area contributed by atoms with E-state index < -0.39 is 17.9 Å². The second-order valence-corrected chi connectivity index (χ2v) is 5.50. The number of carboxylic acids is 1. The van der Waals surface area contributed by atoms with Gasteiger partial charge in [0.1, 0.15) is 6.04 Å². The van der Waals surface area contributed by atoms with Crippen molar-refractivity contribution in [2.45, 2.75) is 26.8 Å². The summed E-state index contributed by atoms with van der Waals surface area (Å²) in [7, 11) is 0. The lowest BCUT2D eigenvalue weighted by Gasteiger charge is -2.21. The van der Waals surface area contributed by atoms with E-state index in [0.29, 0.717) is 13.1 Å². The number of nitrogens with zero attached hydrogens (tertiary/aromatic N) is 1. The average molecular weight is 302 g/mol. The minimum Gasteiger partial charge on any atom is -0.480 e. The third-order valence-corrected chi connectivity index (χ3v) is 3.40. The quantitative estimate of drug-likeness (QED) is 0.613. The lowest BCUT2D eigenvalue weighted by molar-refractivity contribution is -0.140. The molecular formula is C13H22N2O4S. The summed E-state index contributed by atoms with van der Waals surface area (Å²) >= 11 is 1.19. The van der Waals surface area contributed by atoms with E-state index in [2.05, 4.69) is 11.9 Å². The van der Waals surface area contributed by atoms with Crippen LogP contribution in [-0.4, -0.2) is 58.4 Å². The molecule has 1 atom stereocenters. The number of carbonyl (C=O) groups excluding carboxylic acids is 2. The lowest BCUT2D eigenvalue weighted by Crippen LogP contribution is -2.42. The molecular weight excluding hydrogens is 280 g/mol. The van der Waals surface area contributed by atoms with Gasteiger partial charge in [0, 0.05) is 25.8 Å². The molecule has 0 fully saturated rings. The van der Waals surface area contributed by atoms with Gasteiger partial charge in [-0.05, 0) is 13.8 Å². The maximum Gasteiger partial charge on any atom is 0.327 e. The minimum atomic E-state index is -1.10. The molecule has 0 saturated heterocycles. The molecule has 2 N–H and O–H groups in total. The Morgan fingerprint density at radius 1 is 1.35 bits per heavy atom. The molecule has 20 heavy (non-hydrogen) atoms. The summed E-state index contributed by atoms with van der Waals surface area (Å²) in [4.78, 5) is 35.3. The number of amides is 2. The average Bonchev–Trinajstić information content (AvgIpc) is 2.33. The van der Waals surface area contributed by atoms with Gasteiger partial charge in [-0.3, -0.25) is 9.59 Å². The van der Waals surface area contributed by atoms with Crippen LogP contribution in [0.1, 0.15) is 20.8 Å². The van der Waals surface area contributed by atoms with Crippen LogP contribution in [0.2, 0.25) is 0 Å². The van der Waals surface area contributed by atoms with E-state index in [4.69, 9.17) is 5.11 Å². The fraction of sp³-hybridized carbons (Fsp3) is 0.615. The molecule has 0 radical (unpaired) electrons. The van der Waals surface area contributed by atoms with E-state index in [1.54, 1.807) is 4.90 Å². The predicted octanol–water partition coefficient (Wildman–Crippen LogP) is 0.733. The van der Waals surface area contributed by atoms with Gasteiger partial charge in [0.25, 0.3) is 0 Å². The highest BCUT2D eigenvalue weighted by molar-refractivity contribution is 8.00. The Morgan fingerprint density at radius 2 is 1.95 bits per heavy atom. The Balaban J connectivity index is 4.25. The van der Waals surface area contributed by atoms with Crippen LogP contribution < -0.4 is 5.32 Å². The summed E-state index contributed by atoms with van der Waals surface area (Å²) in [6.07, 6.45) is 0. The zero-order chi connectivity index (χ0) is 15.7. The predicted molar refractivity (Wildman–Crippen MR) is 79.6 cm³/mol. The highest BCUT2D eigenvalue weighted by atomic mass is 32.2. The Kier molecular flexibility index (Phi) is 8.71. The van der Waals surface area contributed by atoms with E-state index in [1.807, 2.05) is 13.8 Å². The fourth-order valence-electron chi connectivity index (χ4n) is 1.48. The smallest absolute Gasteiger partial charge is 0.327 e. The van der Waals surface area contributed by atoms with E-state index in [0.717, 1.165) is 5.57 Å². The number of carboxylic acid groups (broad SMARTS) is 1. The molecule has 0 aromatic heterocycles. The summed E-state index contributed by atoms with van der Waals surface area (Å²) in [6, 6.07) is -0.971. The second-order valence-electron chi connectivity index (χ2n) is 4.47. The van der Waals surface area contributed by atoms with Gasteiger partial charge in [-0.15, -0.1) is 11.8 Å². The molecule has 0 saturated carbocycles. The van der Waals surface area contributed by atoms with Crippen molar-refractivity contribution < 1.29 is 19.5 Å². The summed E-state index contributed by atoms with van der Waals surface area (Å²) in [5.74, 6) is -1.22. The molecule has 0 aliphatic rings. The monoisotopic (exact) mass is 302 g/mol. The van der Waals surface area contributed by atoms with Crippen molar-refractivity contribution >= 4 is 29.5 Å². The molecule has 0 aromatic rings. The molecule has 0 heterocycles. The van der Waals surface area contributed by atoms with Crippen molar-refractivity contribution in [3.8, 4) is 0 Å². The standard InChI is InChI=1S/C13H22N2O4S/c1-5-15(6-9(2)3)12(17)8-20-7-11(13(18)19)14-10(4)16/h11H,2,5-8H2,1,3-4H3,(H,14,16)(H,18,19)/t11-/m0/s1. The van der Waals surface area contributed by atoms with Crippen LogP contribution in [0.3, 0.4) is 0 Å². The van der Waals surface area contributed by atoms with Gasteiger partial charge in [-0.2, -0.15) is 0 Å². The van der Waals surface area contributed by atoms with Crippen LogP contribution in [-0.2, 0) is 14.4 Å². The van der Waals surface area contributed by atoms with Crippen LogP contribution >= 0.6 is 11.8 Å². The van der Waals surface area contributed by atoms with Crippen LogP contribution in [0.15, 0.2) is 12.2 Å². The summed E-state index contributed by atoms with van der Waals surface area (Å²) in [5, 5.41) is 11.3. The first kappa shape index (κ1) is 18.5. The minimum absolute atomic E-state index is 0.0625. The summed E-state index contributed by atoms with van der Waals surface area (Å²) < 4.78 is 0. The molecule has 0 aliphatic heterocycles. The Hall–Kier alpha value is -1.50. The van der Waals surface area contributed by atoms with Gasteiger partial charge >= 0.3 is 5.97 Å². The first-order valence-corrected chi connectivity index (χ1v) is 7.43. The van der Waals surface area contributed by atoms with Gasteiger partial charge in [-0.1, -0.05) is 12.2 Å². The van der Waals surface area contributed by atoms with Crippen LogP contribution in [0.25, 0.3) is 0 Å². The molecule has 0 aliphatic carbocycles. The number of rotatable bonds is 9. The van der Waals surface area contributed by atoms with Crippen molar-refractivity contribution in [3.63, 3.8) is 0 Å². The van der Waals surface area contributed by atoms with E-state index in [9.17, 15) is 14.4 Å². The van der Waals surface area contributed by atoms with Gasteiger partial charge in [0.2, 0.25) is 11.8 Å². The molecule has 2 amide bonds. The van der Waals surface area contributed by atoms with Crippen molar-refractivity contribution in [3.05, 3.63) is 12.2 Å². The molecule has 0 aromatic carbocycles. The van der Waals surface area contributed by atoms with Crippen LogP contribution in [0.4, 0.5) is 0 Å². The summed E-state index contributed by atoms with van der Waals surface area (Å²) in [6.45, 7) is 9.84. The number of likely N-dealkylation sites (N-methyl/N-ethyl adjacent to an activating group) is 1. The topological polar surface area (TPSA) is 86.7 Å². The number of hydrogen-bond donors (Lipinski definition) is 2. The number of aliphatic carboxylic acids is 1. The third kappa shape index (κ3) is 7.83. The molecule has 6 nitrogen and oxygen atoms in total. The van der Waals surface area contributed by atoms with Crippen LogP contribution in [0, 0.1) is 0 Å². The number of thioether (sulfide) groups is 1. The normalized spacial score (nSPS) is 11.6. The van der Waals surface area contributed by atoms with Crippen LogP contribution in [0.5, 0.6) is 0 Å².